The van der Waals surface area contributed by atoms with Crippen LogP contribution in [0, 0.1) is 0 Å². The molecule has 21 heavy (non-hydrogen) atoms. The second-order valence-electron chi connectivity index (χ2n) is 5.05. The highest BCUT2D eigenvalue weighted by Gasteiger charge is 2.44. The fourth-order valence-corrected chi connectivity index (χ4v) is 3.04. The van der Waals surface area contributed by atoms with Crippen LogP contribution in [0.1, 0.15) is 26.7 Å². The maximum atomic E-state index is 12.9. The van der Waals surface area contributed by atoms with Gasteiger partial charge in [-0.3, -0.25) is 14.5 Å². The molecular formula is C15H19BrN2O3. The van der Waals surface area contributed by atoms with Gasteiger partial charge in [-0.1, -0.05) is 13.8 Å². The van der Waals surface area contributed by atoms with E-state index in [2.05, 4.69) is 21.2 Å². The van der Waals surface area contributed by atoms with Crippen molar-refractivity contribution in [1.29, 1.82) is 0 Å². The summed E-state index contributed by atoms with van der Waals surface area (Å²) in [6.45, 7) is 3.84. The minimum atomic E-state index is -0.822. The molecule has 1 aromatic carbocycles. The Labute approximate surface area is 132 Å². The summed E-state index contributed by atoms with van der Waals surface area (Å²) in [6.07, 6.45) is 1.12. The normalized spacial score (nSPS) is 17.6. The Morgan fingerprint density at radius 3 is 2.57 bits per heavy atom. The molecule has 5 nitrogen and oxygen atoms in total. The first-order valence-corrected chi connectivity index (χ1v) is 7.73. The van der Waals surface area contributed by atoms with E-state index in [1.54, 1.807) is 19.2 Å². The molecule has 6 heteroatoms. The van der Waals surface area contributed by atoms with E-state index in [0.717, 1.165) is 4.47 Å². The van der Waals surface area contributed by atoms with E-state index in [4.69, 9.17) is 4.74 Å². The Hall–Kier alpha value is -1.56. The highest BCUT2D eigenvalue weighted by atomic mass is 79.9. The second kappa shape index (κ2) is 6.05. The van der Waals surface area contributed by atoms with Gasteiger partial charge in [0.25, 0.3) is 5.91 Å². The highest BCUT2D eigenvalue weighted by Crippen LogP contribution is 2.34. The number of nitrogens with zero attached hydrogens (tertiary/aromatic N) is 1. The van der Waals surface area contributed by atoms with Crippen molar-refractivity contribution in [3.8, 4) is 5.75 Å². The number of piperazine rings is 1. The molecule has 0 bridgehead atoms. The predicted octanol–water partition coefficient (Wildman–Crippen LogP) is 2.48. The van der Waals surface area contributed by atoms with E-state index >= 15 is 0 Å². The van der Waals surface area contributed by atoms with Gasteiger partial charge in [0.05, 0.1) is 12.8 Å². The Balaban J connectivity index is 2.47. The number of amides is 2. The van der Waals surface area contributed by atoms with E-state index in [9.17, 15) is 9.59 Å². The van der Waals surface area contributed by atoms with Crippen LogP contribution in [0.3, 0.4) is 0 Å². The molecule has 1 heterocycles. The Bertz CT molecular complexity index is 570. The van der Waals surface area contributed by atoms with Gasteiger partial charge in [-0.15, -0.1) is 0 Å². The SMILES string of the molecule is CCC1(CC)NC(=O)CN(c2cc(OC)ccc2Br)C1=O. The molecule has 0 saturated carbocycles. The van der Waals surface area contributed by atoms with Gasteiger partial charge in [-0.25, -0.2) is 0 Å². The molecule has 1 aromatic rings. The first-order valence-electron chi connectivity index (χ1n) is 6.94. The van der Waals surface area contributed by atoms with Crippen molar-refractivity contribution in [1.82, 2.24) is 5.32 Å². The lowest BCUT2D eigenvalue weighted by Crippen LogP contribution is -2.66. The average molecular weight is 355 g/mol. The van der Waals surface area contributed by atoms with E-state index in [1.165, 1.54) is 4.90 Å². The molecule has 1 aliphatic heterocycles. The van der Waals surface area contributed by atoms with Crippen LogP contribution < -0.4 is 15.0 Å². The molecule has 2 amide bonds. The van der Waals surface area contributed by atoms with E-state index in [1.807, 2.05) is 19.9 Å². The fourth-order valence-electron chi connectivity index (χ4n) is 2.58. The zero-order chi connectivity index (χ0) is 15.6. The number of anilines is 1. The maximum Gasteiger partial charge on any atom is 0.253 e. The van der Waals surface area contributed by atoms with Gasteiger partial charge in [0.2, 0.25) is 5.91 Å². The molecule has 0 spiro atoms. The topological polar surface area (TPSA) is 58.6 Å². The number of carbonyl (C=O) groups is 2. The van der Waals surface area contributed by atoms with Gasteiger partial charge in [0, 0.05) is 10.5 Å². The number of benzene rings is 1. The number of ether oxygens (including phenoxy) is 1. The first kappa shape index (κ1) is 15.8. The molecule has 0 atom stereocenters. The molecule has 1 aliphatic rings. The third-order valence-corrected chi connectivity index (χ3v) is 4.66. The molecule has 2 rings (SSSR count). The van der Waals surface area contributed by atoms with Crippen LogP contribution >= 0.6 is 15.9 Å². The van der Waals surface area contributed by atoms with Crippen LogP contribution in [0.15, 0.2) is 22.7 Å². The summed E-state index contributed by atoms with van der Waals surface area (Å²) in [5, 5.41) is 2.85. The minimum Gasteiger partial charge on any atom is -0.497 e. The van der Waals surface area contributed by atoms with Gasteiger partial charge in [-0.05, 0) is 40.9 Å². The predicted molar refractivity (Wildman–Crippen MR) is 84.5 cm³/mol. The van der Waals surface area contributed by atoms with Gasteiger partial charge in [0.1, 0.15) is 17.8 Å². The maximum absolute atomic E-state index is 12.9. The largest absolute Gasteiger partial charge is 0.497 e. The summed E-state index contributed by atoms with van der Waals surface area (Å²) in [5.41, 5.74) is -0.168. The molecule has 0 aliphatic carbocycles. The molecule has 0 unspecified atom stereocenters. The number of methoxy groups -OCH3 is 1. The molecule has 1 saturated heterocycles. The van der Waals surface area contributed by atoms with E-state index in [-0.39, 0.29) is 18.4 Å². The Kier molecular flexibility index (Phi) is 4.56. The van der Waals surface area contributed by atoms with Crippen molar-refractivity contribution >= 4 is 33.4 Å². The summed E-state index contributed by atoms with van der Waals surface area (Å²) < 4.78 is 5.96. The standard InChI is InChI=1S/C15H19BrN2O3/c1-4-15(5-2)14(20)18(9-13(19)17-15)12-8-10(21-3)6-7-11(12)16/h6-8H,4-5,9H2,1-3H3,(H,17,19). The van der Waals surface area contributed by atoms with Crippen LogP contribution in [0.5, 0.6) is 5.75 Å². The minimum absolute atomic E-state index is 0.0202. The number of rotatable bonds is 4. The third-order valence-electron chi connectivity index (χ3n) is 3.99. The average Bonchev–Trinajstić information content (AvgIpc) is 2.50. The van der Waals surface area contributed by atoms with Crippen molar-refractivity contribution in [2.75, 3.05) is 18.6 Å². The van der Waals surface area contributed by atoms with Gasteiger partial charge in [-0.2, -0.15) is 0 Å². The van der Waals surface area contributed by atoms with Crippen LogP contribution in [-0.4, -0.2) is 31.0 Å². The van der Waals surface area contributed by atoms with Crippen molar-refractivity contribution < 1.29 is 14.3 Å². The number of carbonyl (C=O) groups excluding carboxylic acids is 2. The zero-order valence-electron chi connectivity index (χ0n) is 12.4. The van der Waals surface area contributed by atoms with Crippen LogP contribution in [0.4, 0.5) is 5.69 Å². The van der Waals surface area contributed by atoms with Gasteiger partial charge < -0.3 is 10.1 Å². The lowest BCUT2D eigenvalue weighted by Gasteiger charge is -2.41. The lowest BCUT2D eigenvalue weighted by atomic mass is 9.88. The monoisotopic (exact) mass is 354 g/mol. The zero-order valence-corrected chi connectivity index (χ0v) is 14.0. The number of nitrogens with one attached hydrogen (secondary N) is 1. The number of hydrogen-bond donors (Lipinski definition) is 1. The second-order valence-corrected chi connectivity index (χ2v) is 5.90. The molecule has 114 valence electrons. The van der Waals surface area contributed by atoms with E-state index < -0.39 is 5.54 Å². The summed E-state index contributed by atoms with van der Waals surface area (Å²) in [4.78, 5) is 26.4. The van der Waals surface area contributed by atoms with Crippen molar-refractivity contribution in [3.63, 3.8) is 0 Å². The lowest BCUT2D eigenvalue weighted by molar-refractivity contribution is -0.136. The first-order chi connectivity index (χ1) is 9.97. The van der Waals surface area contributed by atoms with Gasteiger partial charge in [0.15, 0.2) is 0 Å². The van der Waals surface area contributed by atoms with Crippen LogP contribution in [0.2, 0.25) is 0 Å². The summed E-state index contributed by atoms with van der Waals surface area (Å²) in [7, 11) is 1.57. The molecule has 0 aromatic heterocycles. The van der Waals surface area contributed by atoms with Crippen molar-refractivity contribution in [2.45, 2.75) is 32.2 Å². The molecule has 1 fully saturated rings. The Morgan fingerprint density at radius 1 is 1.33 bits per heavy atom. The quantitative estimate of drug-likeness (QED) is 0.903. The van der Waals surface area contributed by atoms with Gasteiger partial charge >= 0.3 is 0 Å². The summed E-state index contributed by atoms with van der Waals surface area (Å²) >= 11 is 3.44. The molecular weight excluding hydrogens is 336 g/mol. The number of halogens is 1. The Morgan fingerprint density at radius 2 is 2.00 bits per heavy atom. The third kappa shape index (κ3) is 2.77. The highest BCUT2D eigenvalue weighted by molar-refractivity contribution is 9.10. The fraction of sp³-hybridized carbons (Fsp3) is 0.467. The van der Waals surface area contributed by atoms with Crippen LogP contribution in [-0.2, 0) is 9.59 Å². The van der Waals surface area contributed by atoms with Crippen molar-refractivity contribution in [3.05, 3.63) is 22.7 Å². The van der Waals surface area contributed by atoms with E-state index in [0.29, 0.717) is 24.3 Å². The van der Waals surface area contributed by atoms with Crippen molar-refractivity contribution in [2.24, 2.45) is 0 Å². The number of hydrogen-bond acceptors (Lipinski definition) is 3. The van der Waals surface area contributed by atoms with Crippen LogP contribution in [0.25, 0.3) is 0 Å². The molecule has 0 radical (unpaired) electrons. The summed E-state index contributed by atoms with van der Waals surface area (Å²) in [6, 6.07) is 5.37. The summed E-state index contributed by atoms with van der Waals surface area (Å²) in [5.74, 6) is 0.416. The molecule has 1 N–H and O–H groups in total. The smallest absolute Gasteiger partial charge is 0.253 e.